The molecular weight excluding hydrogens is 278 g/mol. The molecule has 0 bridgehead atoms. The number of ether oxygens (including phenoxy) is 1. The molecule has 1 aliphatic carbocycles. The molecule has 0 radical (unpaired) electrons. The first-order valence-electron chi connectivity index (χ1n) is 6.71. The summed E-state index contributed by atoms with van der Waals surface area (Å²) < 4.78 is 31.1. The smallest absolute Gasteiger partial charge is 0.306 e. The SMILES string of the molecule is COC(=O)CCNS(=O)(=O)c1ccc2c(c1)CCCC2. The van der Waals surface area contributed by atoms with Gasteiger partial charge in [-0.3, -0.25) is 4.79 Å². The van der Waals surface area contributed by atoms with Gasteiger partial charge in [-0.2, -0.15) is 0 Å². The van der Waals surface area contributed by atoms with Gasteiger partial charge >= 0.3 is 5.97 Å². The van der Waals surface area contributed by atoms with Gasteiger partial charge in [0.25, 0.3) is 0 Å². The Morgan fingerprint density at radius 3 is 2.65 bits per heavy atom. The number of nitrogens with one attached hydrogen (secondary N) is 1. The Kier molecular flexibility index (Phi) is 4.77. The van der Waals surface area contributed by atoms with Crippen LogP contribution in [0.25, 0.3) is 0 Å². The summed E-state index contributed by atoms with van der Waals surface area (Å²) in [5.74, 6) is -0.432. The number of hydrogen-bond acceptors (Lipinski definition) is 4. The van der Waals surface area contributed by atoms with E-state index in [1.807, 2.05) is 6.07 Å². The summed E-state index contributed by atoms with van der Waals surface area (Å²) in [6, 6.07) is 5.27. The topological polar surface area (TPSA) is 72.5 Å². The summed E-state index contributed by atoms with van der Waals surface area (Å²) in [4.78, 5) is 11.2. The van der Waals surface area contributed by atoms with Crippen LogP contribution < -0.4 is 4.72 Å². The number of hydrogen-bond donors (Lipinski definition) is 1. The summed E-state index contributed by atoms with van der Waals surface area (Å²) in [7, 11) is -2.28. The summed E-state index contributed by atoms with van der Waals surface area (Å²) in [5.41, 5.74) is 2.36. The second-order valence-electron chi connectivity index (χ2n) is 4.86. The van der Waals surface area contributed by atoms with Crippen LogP contribution in [0.2, 0.25) is 0 Å². The van der Waals surface area contributed by atoms with Gasteiger partial charge in [0, 0.05) is 6.54 Å². The van der Waals surface area contributed by atoms with E-state index >= 15 is 0 Å². The zero-order chi connectivity index (χ0) is 14.6. The summed E-state index contributed by atoms with van der Waals surface area (Å²) in [6.07, 6.45) is 4.25. The lowest BCUT2D eigenvalue weighted by atomic mass is 9.92. The molecule has 0 amide bonds. The molecule has 0 aromatic heterocycles. The Labute approximate surface area is 119 Å². The van der Waals surface area contributed by atoms with Crippen LogP contribution in [-0.2, 0) is 32.4 Å². The van der Waals surface area contributed by atoms with Crippen LogP contribution in [0.4, 0.5) is 0 Å². The molecule has 1 N–H and O–H groups in total. The van der Waals surface area contributed by atoms with Crippen molar-refractivity contribution in [1.29, 1.82) is 0 Å². The van der Waals surface area contributed by atoms with Crippen LogP contribution in [0.15, 0.2) is 23.1 Å². The highest BCUT2D eigenvalue weighted by Gasteiger charge is 2.17. The standard InChI is InChI=1S/C14H19NO4S/c1-19-14(16)8-9-15-20(17,18)13-7-6-11-4-2-3-5-12(11)10-13/h6-7,10,15H,2-5,8-9H2,1H3. The minimum absolute atomic E-state index is 0.0284. The molecule has 0 aliphatic heterocycles. The lowest BCUT2D eigenvalue weighted by Gasteiger charge is -2.16. The van der Waals surface area contributed by atoms with E-state index in [0.717, 1.165) is 31.2 Å². The molecule has 0 atom stereocenters. The highest BCUT2D eigenvalue weighted by Crippen LogP contribution is 2.23. The largest absolute Gasteiger partial charge is 0.469 e. The highest BCUT2D eigenvalue weighted by molar-refractivity contribution is 7.89. The Morgan fingerprint density at radius 1 is 1.25 bits per heavy atom. The van der Waals surface area contributed by atoms with Gasteiger partial charge in [0.2, 0.25) is 10.0 Å². The third-order valence-corrected chi connectivity index (χ3v) is 4.94. The zero-order valence-electron chi connectivity index (χ0n) is 11.5. The van der Waals surface area contributed by atoms with Crippen LogP contribution in [0.5, 0.6) is 0 Å². The van der Waals surface area contributed by atoms with E-state index in [1.165, 1.54) is 12.7 Å². The number of carbonyl (C=O) groups is 1. The van der Waals surface area contributed by atoms with Gasteiger partial charge < -0.3 is 4.74 Å². The molecule has 1 aromatic carbocycles. The molecule has 5 nitrogen and oxygen atoms in total. The lowest BCUT2D eigenvalue weighted by molar-refractivity contribution is -0.140. The molecule has 6 heteroatoms. The van der Waals surface area contributed by atoms with Crippen LogP contribution in [0.1, 0.15) is 30.4 Å². The number of esters is 1. The maximum Gasteiger partial charge on any atom is 0.306 e. The predicted molar refractivity (Wildman–Crippen MR) is 74.9 cm³/mol. The minimum atomic E-state index is -3.56. The maximum atomic E-state index is 12.1. The molecule has 110 valence electrons. The van der Waals surface area contributed by atoms with Gasteiger partial charge in [0.1, 0.15) is 0 Å². The quantitative estimate of drug-likeness (QED) is 0.834. The molecule has 0 fully saturated rings. The number of fused-ring (bicyclic) bond motifs is 1. The lowest BCUT2D eigenvalue weighted by Crippen LogP contribution is -2.26. The van der Waals surface area contributed by atoms with Crippen molar-refractivity contribution >= 4 is 16.0 Å². The van der Waals surface area contributed by atoms with Crippen molar-refractivity contribution < 1.29 is 17.9 Å². The molecule has 0 unspecified atom stereocenters. The fourth-order valence-electron chi connectivity index (χ4n) is 2.35. The monoisotopic (exact) mass is 297 g/mol. The second kappa shape index (κ2) is 6.37. The molecular formula is C14H19NO4S. The molecule has 20 heavy (non-hydrogen) atoms. The van der Waals surface area contributed by atoms with Gasteiger partial charge in [-0.05, 0) is 48.9 Å². The molecule has 1 aromatic rings. The summed E-state index contributed by atoms with van der Waals surface area (Å²) >= 11 is 0. The van der Waals surface area contributed by atoms with Crippen molar-refractivity contribution in [2.75, 3.05) is 13.7 Å². The number of carbonyl (C=O) groups excluding carboxylic acids is 1. The Morgan fingerprint density at radius 2 is 1.95 bits per heavy atom. The number of sulfonamides is 1. The molecule has 0 spiro atoms. The highest BCUT2D eigenvalue weighted by atomic mass is 32.2. The molecule has 0 saturated heterocycles. The van der Waals surface area contributed by atoms with Crippen molar-refractivity contribution in [3.05, 3.63) is 29.3 Å². The minimum Gasteiger partial charge on any atom is -0.469 e. The van der Waals surface area contributed by atoms with Crippen molar-refractivity contribution in [1.82, 2.24) is 4.72 Å². The Balaban J connectivity index is 2.07. The van der Waals surface area contributed by atoms with Crippen LogP contribution in [-0.4, -0.2) is 28.0 Å². The van der Waals surface area contributed by atoms with Crippen LogP contribution in [0, 0.1) is 0 Å². The number of rotatable bonds is 5. The normalized spacial score (nSPS) is 14.7. The van der Waals surface area contributed by atoms with E-state index in [4.69, 9.17) is 0 Å². The van der Waals surface area contributed by atoms with Crippen LogP contribution in [0.3, 0.4) is 0 Å². The van der Waals surface area contributed by atoms with Gasteiger partial charge in [-0.1, -0.05) is 6.07 Å². The summed E-state index contributed by atoms with van der Waals surface area (Å²) in [5, 5.41) is 0. The van der Waals surface area contributed by atoms with E-state index in [2.05, 4.69) is 9.46 Å². The fraction of sp³-hybridized carbons (Fsp3) is 0.500. The van der Waals surface area contributed by atoms with E-state index in [-0.39, 0.29) is 17.9 Å². The first-order valence-corrected chi connectivity index (χ1v) is 8.19. The van der Waals surface area contributed by atoms with Gasteiger partial charge in [0.15, 0.2) is 0 Å². The molecule has 1 aliphatic rings. The van der Waals surface area contributed by atoms with E-state index < -0.39 is 16.0 Å². The fourth-order valence-corrected chi connectivity index (χ4v) is 3.43. The number of benzene rings is 1. The van der Waals surface area contributed by atoms with Gasteiger partial charge in [-0.15, -0.1) is 0 Å². The number of aryl methyl sites for hydroxylation is 2. The maximum absolute atomic E-state index is 12.1. The average molecular weight is 297 g/mol. The second-order valence-corrected chi connectivity index (χ2v) is 6.63. The first kappa shape index (κ1) is 15.0. The van der Waals surface area contributed by atoms with Crippen LogP contribution >= 0.6 is 0 Å². The van der Waals surface area contributed by atoms with E-state index in [0.29, 0.717) is 0 Å². The number of methoxy groups -OCH3 is 1. The summed E-state index contributed by atoms with van der Waals surface area (Å²) in [6.45, 7) is 0.0477. The third kappa shape index (κ3) is 3.58. The van der Waals surface area contributed by atoms with Crippen molar-refractivity contribution in [3.8, 4) is 0 Å². The van der Waals surface area contributed by atoms with Crippen molar-refractivity contribution in [2.45, 2.75) is 37.0 Å². The molecule has 0 heterocycles. The third-order valence-electron chi connectivity index (χ3n) is 3.48. The van der Waals surface area contributed by atoms with E-state index in [9.17, 15) is 13.2 Å². The predicted octanol–water partition coefficient (Wildman–Crippen LogP) is 1.41. The molecule has 2 rings (SSSR count). The van der Waals surface area contributed by atoms with Crippen molar-refractivity contribution in [2.24, 2.45) is 0 Å². The molecule has 0 saturated carbocycles. The van der Waals surface area contributed by atoms with Crippen molar-refractivity contribution in [3.63, 3.8) is 0 Å². The Bertz CT molecular complexity index is 595. The van der Waals surface area contributed by atoms with Gasteiger partial charge in [-0.25, -0.2) is 13.1 Å². The average Bonchev–Trinajstić information content (AvgIpc) is 2.46. The van der Waals surface area contributed by atoms with E-state index in [1.54, 1.807) is 12.1 Å². The Hall–Kier alpha value is -1.40. The first-order chi connectivity index (χ1) is 9.53. The zero-order valence-corrected chi connectivity index (χ0v) is 12.3. The van der Waals surface area contributed by atoms with Gasteiger partial charge in [0.05, 0.1) is 18.4 Å².